The van der Waals surface area contributed by atoms with Gasteiger partial charge in [0.05, 0.1) is 19.8 Å². The molecule has 1 amide bonds. The fourth-order valence-electron chi connectivity index (χ4n) is 2.47. The quantitative estimate of drug-likeness (QED) is 0.640. The average molecular weight is 398 g/mol. The predicted octanol–water partition coefficient (Wildman–Crippen LogP) is 3.07. The van der Waals surface area contributed by atoms with Crippen LogP contribution in [0, 0.1) is 0 Å². The summed E-state index contributed by atoms with van der Waals surface area (Å²) < 4.78 is 33.1. The summed E-state index contributed by atoms with van der Waals surface area (Å²) in [7, 11) is -2.24. The lowest BCUT2D eigenvalue weighted by Gasteiger charge is -2.27. The van der Waals surface area contributed by atoms with Crippen molar-refractivity contribution in [2.75, 3.05) is 13.4 Å². The Morgan fingerprint density at radius 1 is 1.23 bits per heavy atom. The van der Waals surface area contributed by atoms with E-state index in [0.717, 1.165) is 16.7 Å². The molecule has 1 aromatic carbocycles. The van der Waals surface area contributed by atoms with Crippen LogP contribution in [0.5, 0.6) is 11.5 Å². The highest BCUT2D eigenvalue weighted by molar-refractivity contribution is 7.86. The first kappa shape index (κ1) is 20.3. The molecule has 8 heteroatoms. The zero-order valence-electron chi connectivity index (χ0n) is 15.3. The molecular weight excluding hydrogens is 374 g/mol. The normalized spacial score (nSPS) is 11.4. The van der Waals surface area contributed by atoms with Gasteiger partial charge >= 0.3 is 10.1 Å². The van der Waals surface area contributed by atoms with E-state index < -0.39 is 10.1 Å². The summed E-state index contributed by atoms with van der Waals surface area (Å²) >= 11 is 1.55. The molecule has 0 atom stereocenters. The Hall–Kier alpha value is -2.06. The number of carbonyl (C=O) groups is 1. The minimum Gasteiger partial charge on any atom is -0.493 e. The first-order valence-electron chi connectivity index (χ1n) is 8.08. The molecule has 0 aliphatic heterocycles. The Labute approximate surface area is 158 Å². The maximum atomic E-state index is 12.7. The molecule has 0 N–H and O–H groups in total. The molecule has 0 spiro atoms. The fraction of sp³-hybridized carbons (Fsp3) is 0.389. The number of hydrogen-bond donors (Lipinski definition) is 0. The van der Waals surface area contributed by atoms with E-state index in [4.69, 9.17) is 8.92 Å². The highest BCUT2D eigenvalue weighted by atomic mass is 32.2. The second-order valence-corrected chi connectivity index (χ2v) is 8.75. The van der Waals surface area contributed by atoms with E-state index in [1.165, 1.54) is 7.11 Å². The predicted molar refractivity (Wildman–Crippen MR) is 102 cm³/mol. The molecule has 0 fully saturated rings. The SMILES string of the molecule is COc1ccc(CN(C(=O)Cc2cccs2)C(C)C)cc1OS(C)(=O)=O. The molecule has 6 nitrogen and oxygen atoms in total. The number of ether oxygens (including phenoxy) is 1. The van der Waals surface area contributed by atoms with E-state index in [2.05, 4.69) is 0 Å². The van der Waals surface area contributed by atoms with E-state index in [0.29, 0.717) is 18.7 Å². The topological polar surface area (TPSA) is 72.9 Å². The largest absolute Gasteiger partial charge is 0.493 e. The molecule has 142 valence electrons. The smallest absolute Gasteiger partial charge is 0.306 e. The van der Waals surface area contributed by atoms with Gasteiger partial charge in [-0.2, -0.15) is 8.42 Å². The lowest BCUT2D eigenvalue weighted by atomic mass is 10.1. The van der Waals surface area contributed by atoms with Crippen LogP contribution in [0.25, 0.3) is 0 Å². The molecule has 2 aromatic rings. The van der Waals surface area contributed by atoms with Gasteiger partial charge in [0, 0.05) is 17.5 Å². The van der Waals surface area contributed by atoms with Crippen LogP contribution in [0.2, 0.25) is 0 Å². The summed E-state index contributed by atoms with van der Waals surface area (Å²) in [4.78, 5) is 15.4. The highest BCUT2D eigenvalue weighted by Crippen LogP contribution is 2.30. The van der Waals surface area contributed by atoms with Crippen LogP contribution in [0.4, 0.5) is 0 Å². The number of carbonyl (C=O) groups excluding carboxylic acids is 1. The number of hydrogen-bond acceptors (Lipinski definition) is 6. The number of thiophene rings is 1. The van der Waals surface area contributed by atoms with Crippen LogP contribution in [0.3, 0.4) is 0 Å². The first-order chi connectivity index (χ1) is 12.2. The van der Waals surface area contributed by atoms with Gasteiger partial charge in [0.2, 0.25) is 5.91 Å². The van der Waals surface area contributed by atoms with Crippen LogP contribution in [0.15, 0.2) is 35.7 Å². The second-order valence-electron chi connectivity index (χ2n) is 6.14. The third kappa shape index (κ3) is 5.74. The zero-order valence-corrected chi connectivity index (χ0v) is 16.9. The summed E-state index contributed by atoms with van der Waals surface area (Å²) in [5.74, 6) is 0.450. The Bertz CT molecular complexity index is 844. The van der Waals surface area contributed by atoms with E-state index in [1.54, 1.807) is 34.4 Å². The average Bonchev–Trinajstić information content (AvgIpc) is 3.03. The molecule has 1 aromatic heterocycles. The van der Waals surface area contributed by atoms with Crippen molar-refractivity contribution < 1.29 is 22.1 Å². The van der Waals surface area contributed by atoms with Gasteiger partial charge in [-0.15, -0.1) is 11.3 Å². The molecule has 0 unspecified atom stereocenters. The number of benzene rings is 1. The lowest BCUT2D eigenvalue weighted by Crippen LogP contribution is -2.37. The summed E-state index contributed by atoms with van der Waals surface area (Å²) in [6.07, 6.45) is 1.32. The van der Waals surface area contributed by atoms with Crippen LogP contribution in [-0.4, -0.2) is 38.6 Å². The molecule has 0 bridgehead atoms. The van der Waals surface area contributed by atoms with Gasteiger partial charge in [0.25, 0.3) is 0 Å². The van der Waals surface area contributed by atoms with Crippen molar-refractivity contribution in [3.63, 3.8) is 0 Å². The maximum absolute atomic E-state index is 12.7. The summed E-state index contributed by atoms with van der Waals surface area (Å²) in [5.41, 5.74) is 0.762. The van der Waals surface area contributed by atoms with Gasteiger partial charge in [0.15, 0.2) is 11.5 Å². The molecule has 0 aliphatic carbocycles. The standard InChI is InChI=1S/C18H23NO5S2/c1-13(2)19(18(20)11-15-6-5-9-25-15)12-14-7-8-16(23-3)17(10-14)24-26(4,21)22/h5-10,13H,11-12H2,1-4H3. The Morgan fingerprint density at radius 3 is 2.50 bits per heavy atom. The number of rotatable bonds is 8. The third-order valence-corrected chi connectivity index (χ3v) is 5.03. The monoisotopic (exact) mass is 397 g/mol. The molecular formula is C18H23NO5S2. The number of methoxy groups -OCH3 is 1. The van der Waals surface area contributed by atoms with E-state index in [9.17, 15) is 13.2 Å². The van der Waals surface area contributed by atoms with Gasteiger partial charge < -0.3 is 13.8 Å². The third-order valence-electron chi connectivity index (χ3n) is 3.67. The molecule has 0 saturated carbocycles. The number of amides is 1. The van der Waals surface area contributed by atoms with Gasteiger partial charge in [-0.1, -0.05) is 12.1 Å². The molecule has 2 rings (SSSR count). The molecule has 1 heterocycles. The lowest BCUT2D eigenvalue weighted by molar-refractivity contribution is -0.132. The minimum atomic E-state index is -3.68. The second kappa shape index (κ2) is 8.55. The molecule has 0 saturated heterocycles. The van der Waals surface area contributed by atoms with Crippen molar-refractivity contribution >= 4 is 27.4 Å². The highest BCUT2D eigenvalue weighted by Gasteiger charge is 2.19. The van der Waals surface area contributed by atoms with E-state index >= 15 is 0 Å². The zero-order chi connectivity index (χ0) is 19.3. The minimum absolute atomic E-state index is 0.00356. The van der Waals surface area contributed by atoms with Crippen molar-refractivity contribution in [3.05, 3.63) is 46.2 Å². The first-order valence-corrected chi connectivity index (χ1v) is 10.8. The molecule has 0 radical (unpaired) electrons. The Balaban J connectivity index is 2.22. The van der Waals surface area contributed by atoms with Crippen LogP contribution in [-0.2, 0) is 27.9 Å². The molecule has 0 aliphatic rings. The van der Waals surface area contributed by atoms with Crippen LogP contribution >= 0.6 is 11.3 Å². The van der Waals surface area contributed by atoms with Crippen molar-refractivity contribution in [1.29, 1.82) is 0 Å². The van der Waals surface area contributed by atoms with Crippen LogP contribution < -0.4 is 8.92 Å². The van der Waals surface area contributed by atoms with Crippen molar-refractivity contribution in [2.45, 2.75) is 32.9 Å². The molecule has 26 heavy (non-hydrogen) atoms. The van der Waals surface area contributed by atoms with Crippen molar-refractivity contribution in [1.82, 2.24) is 4.90 Å². The summed E-state index contributed by atoms with van der Waals surface area (Å²) in [6, 6.07) is 8.88. The number of nitrogens with zero attached hydrogens (tertiary/aromatic N) is 1. The fourth-order valence-corrected chi connectivity index (χ4v) is 3.62. The van der Waals surface area contributed by atoms with Gasteiger partial charge in [0.1, 0.15) is 0 Å². The Morgan fingerprint density at radius 2 is 1.96 bits per heavy atom. The van der Waals surface area contributed by atoms with E-state index in [1.807, 2.05) is 31.4 Å². The van der Waals surface area contributed by atoms with Gasteiger partial charge in [-0.3, -0.25) is 4.79 Å². The Kier molecular flexibility index (Phi) is 6.66. The van der Waals surface area contributed by atoms with Gasteiger partial charge in [-0.05, 0) is 43.0 Å². The van der Waals surface area contributed by atoms with Crippen LogP contribution in [0.1, 0.15) is 24.3 Å². The van der Waals surface area contributed by atoms with E-state index in [-0.39, 0.29) is 17.7 Å². The summed E-state index contributed by atoms with van der Waals surface area (Å²) in [6.45, 7) is 4.25. The summed E-state index contributed by atoms with van der Waals surface area (Å²) in [5, 5.41) is 1.95. The maximum Gasteiger partial charge on any atom is 0.306 e. The van der Waals surface area contributed by atoms with Crippen molar-refractivity contribution in [3.8, 4) is 11.5 Å². The van der Waals surface area contributed by atoms with Crippen molar-refractivity contribution in [2.24, 2.45) is 0 Å². The van der Waals surface area contributed by atoms with Gasteiger partial charge in [-0.25, -0.2) is 0 Å².